The van der Waals surface area contributed by atoms with Crippen LogP contribution in [0, 0.1) is 11.8 Å². The second-order valence-corrected chi connectivity index (χ2v) is 8.57. The predicted octanol–water partition coefficient (Wildman–Crippen LogP) is 2.64. The number of carbonyl (C=O) groups excluding carboxylic acids is 3. The minimum atomic E-state index is -0.302. The summed E-state index contributed by atoms with van der Waals surface area (Å²) in [4.78, 5) is 42.0. The van der Waals surface area contributed by atoms with Crippen molar-refractivity contribution in [2.45, 2.75) is 51.1 Å². The molecule has 1 saturated carbocycles. The van der Waals surface area contributed by atoms with Gasteiger partial charge in [0.1, 0.15) is 6.54 Å². The van der Waals surface area contributed by atoms with E-state index in [0.29, 0.717) is 30.9 Å². The molecule has 2 aliphatic heterocycles. The molecular formula is C23H26N2O5. The quantitative estimate of drug-likeness (QED) is 0.551. The molecule has 0 unspecified atom stereocenters. The number of carbonyl (C=O) groups is 3. The van der Waals surface area contributed by atoms with Crippen molar-refractivity contribution >= 4 is 17.7 Å². The van der Waals surface area contributed by atoms with Crippen molar-refractivity contribution in [2.24, 2.45) is 11.8 Å². The number of ether oxygens (including phenoxy) is 2. The van der Waals surface area contributed by atoms with Gasteiger partial charge in [-0.2, -0.15) is 0 Å². The molecule has 0 aromatic heterocycles. The van der Waals surface area contributed by atoms with Crippen LogP contribution in [0.3, 0.4) is 0 Å². The van der Waals surface area contributed by atoms with Crippen LogP contribution in [0.15, 0.2) is 30.4 Å². The molecule has 0 spiro atoms. The maximum atomic E-state index is 13.3. The predicted molar refractivity (Wildman–Crippen MR) is 107 cm³/mol. The fourth-order valence-electron chi connectivity index (χ4n) is 5.12. The van der Waals surface area contributed by atoms with E-state index in [2.05, 4.69) is 0 Å². The number of nitrogens with zero attached hydrogens (tertiary/aromatic N) is 2. The van der Waals surface area contributed by atoms with E-state index in [0.717, 1.165) is 31.2 Å². The van der Waals surface area contributed by atoms with Crippen molar-refractivity contribution in [3.05, 3.63) is 35.9 Å². The molecule has 2 fully saturated rings. The summed E-state index contributed by atoms with van der Waals surface area (Å²) in [5.41, 5.74) is 0.955. The third-order valence-corrected chi connectivity index (χ3v) is 6.77. The molecule has 7 heteroatoms. The second-order valence-electron chi connectivity index (χ2n) is 8.57. The van der Waals surface area contributed by atoms with Crippen LogP contribution in [-0.4, -0.2) is 46.9 Å². The zero-order valence-electron chi connectivity index (χ0n) is 16.9. The summed E-state index contributed by atoms with van der Waals surface area (Å²) in [5, 5.41) is 0. The first-order valence-electron chi connectivity index (χ1n) is 10.8. The van der Waals surface area contributed by atoms with Gasteiger partial charge < -0.3 is 14.4 Å². The van der Waals surface area contributed by atoms with Gasteiger partial charge in [-0.1, -0.05) is 31.1 Å². The number of likely N-dealkylation sites (tertiary alicyclic amines) is 1. The van der Waals surface area contributed by atoms with Gasteiger partial charge in [0.05, 0.1) is 11.8 Å². The summed E-state index contributed by atoms with van der Waals surface area (Å²) in [5.74, 6) is 0.241. The highest BCUT2D eigenvalue weighted by molar-refractivity contribution is 6.07. The number of rotatable bonds is 5. The molecule has 1 aromatic rings. The average Bonchev–Trinajstić information content (AvgIpc) is 3.50. The lowest BCUT2D eigenvalue weighted by Crippen LogP contribution is -2.46. The highest BCUT2D eigenvalue weighted by Crippen LogP contribution is 2.36. The molecule has 7 nitrogen and oxygen atoms in total. The van der Waals surface area contributed by atoms with Crippen molar-refractivity contribution in [1.82, 2.24) is 9.80 Å². The Morgan fingerprint density at radius 2 is 1.67 bits per heavy atom. The maximum absolute atomic E-state index is 13.3. The Kier molecular flexibility index (Phi) is 4.97. The molecular weight excluding hydrogens is 384 g/mol. The number of amides is 3. The Balaban J connectivity index is 1.33. The normalized spacial score (nSPS) is 25.1. The second kappa shape index (κ2) is 7.78. The van der Waals surface area contributed by atoms with Gasteiger partial charge in [-0.25, -0.2) is 0 Å². The summed E-state index contributed by atoms with van der Waals surface area (Å²) < 4.78 is 10.8. The molecule has 1 aromatic carbocycles. The zero-order chi connectivity index (χ0) is 20.7. The molecule has 0 bridgehead atoms. The molecule has 158 valence electrons. The van der Waals surface area contributed by atoms with E-state index in [4.69, 9.17) is 9.47 Å². The Hall–Kier alpha value is -2.83. The zero-order valence-corrected chi connectivity index (χ0v) is 16.9. The van der Waals surface area contributed by atoms with Gasteiger partial charge in [-0.15, -0.1) is 0 Å². The standard InChI is InChI=1S/C23H26N2O5/c26-21(13-25-22(27)17-7-3-4-8-18(17)23(25)28)24(16-5-1-2-6-16)12-15-9-10-19-20(11-15)30-14-29-19/h3-4,9-11,16-18H,1-2,5-8,12-14H2/t17-,18-/m1/s1. The minimum absolute atomic E-state index is 0.139. The number of hydrogen-bond donors (Lipinski definition) is 0. The van der Waals surface area contributed by atoms with E-state index in [1.807, 2.05) is 35.3 Å². The molecule has 0 radical (unpaired) electrons. The van der Waals surface area contributed by atoms with Crippen LogP contribution < -0.4 is 9.47 Å². The van der Waals surface area contributed by atoms with Crippen LogP contribution in [0.2, 0.25) is 0 Å². The van der Waals surface area contributed by atoms with Crippen molar-refractivity contribution in [2.75, 3.05) is 13.3 Å². The van der Waals surface area contributed by atoms with Gasteiger partial charge in [0.2, 0.25) is 24.5 Å². The third kappa shape index (κ3) is 3.36. The van der Waals surface area contributed by atoms with Crippen molar-refractivity contribution in [3.8, 4) is 11.5 Å². The molecule has 0 N–H and O–H groups in total. The first-order chi connectivity index (χ1) is 14.6. The number of fused-ring (bicyclic) bond motifs is 2. The third-order valence-electron chi connectivity index (χ3n) is 6.77. The molecule has 30 heavy (non-hydrogen) atoms. The fraction of sp³-hybridized carbons (Fsp3) is 0.522. The lowest BCUT2D eigenvalue weighted by atomic mass is 9.85. The molecule has 2 atom stereocenters. The molecule has 4 aliphatic rings. The highest BCUT2D eigenvalue weighted by atomic mass is 16.7. The molecule has 5 rings (SSSR count). The first-order valence-corrected chi connectivity index (χ1v) is 10.8. The summed E-state index contributed by atoms with van der Waals surface area (Å²) in [7, 11) is 0. The van der Waals surface area contributed by atoms with E-state index in [-0.39, 0.29) is 48.9 Å². The smallest absolute Gasteiger partial charge is 0.243 e. The van der Waals surface area contributed by atoms with Crippen LogP contribution in [-0.2, 0) is 20.9 Å². The molecule has 2 heterocycles. The van der Waals surface area contributed by atoms with Crippen molar-refractivity contribution < 1.29 is 23.9 Å². The maximum Gasteiger partial charge on any atom is 0.243 e. The van der Waals surface area contributed by atoms with Gasteiger partial charge in [0.15, 0.2) is 11.5 Å². The Morgan fingerprint density at radius 1 is 1.00 bits per heavy atom. The monoisotopic (exact) mass is 410 g/mol. The first kappa shape index (κ1) is 19.2. The van der Waals surface area contributed by atoms with Crippen LogP contribution >= 0.6 is 0 Å². The minimum Gasteiger partial charge on any atom is -0.454 e. The van der Waals surface area contributed by atoms with Crippen LogP contribution in [0.1, 0.15) is 44.1 Å². The summed E-state index contributed by atoms with van der Waals surface area (Å²) in [6.07, 6.45) is 9.18. The molecule has 3 amide bonds. The van der Waals surface area contributed by atoms with E-state index >= 15 is 0 Å². The van der Waals surface area contributed by atoms with Gasteiger partial charge in [0.25, 0.3) is 0 Å². The van der Waals surface area contributed by atoms with E-state index in [9.17, 15) is 14.4 Å². The largest absolute Gasteiger partial charge is 0.454 e. The van der Waals surface area contributed by atoms with Gasteiger partial charge in [-0.3, -0.25) is 19.3 Å². The number of allylic oxidation sites excluding steroid dienone is 2. The Bertz CT molecular complexity index is 879. The van der Waals surface area contributed by atoms with Crippen LogP contribution in [0.25, 0.3) is 0 Å². The number of imide groups is 1. The number of hydrogen-bond acceptors (Lipinski definition) is 5. The van der Waals surface area contributed by atoms with Gasteiger partial charge in [-0.05, 0) is 43.4 Å². The van der Waals surface area contributed by atoms with Crippen molar-refractivity contribution in [3.63, 3.8) is 0 Å². The summed E-state index contributed by atoms with van der Waals surface area (Å²) in [6, 6.07) is 5.85. The molecule has 2 aliphatic carbocycles. The lowest BCUT2D eigenvalue weighted by Gasteiger charge is -2.30. The van der Waals surface area contributed by atoms with E-state index < -0.39 is 0 Å². The Morgan fingerprint density at radius 3 is 2.37 bits per heavy atom. The van der Waals surface area contributed by atoms with Crippen LogP contribution in [0.4, 0.5) is 0 Å². The van der Waals surface area contributed by atoms with E-state index in [1.165, 1.54) is 4.90 Å². The van der Waals surface area contributed by atoms with Gasteiger partial charge in [0, 0.05) is 12.6 Å². The van der Waals surface area contributed by atoms with E-state index in [1.54, 1.807) is 0 Å². The van der Waals surface area contributed by atoms with Crippen molar-refractivity contribution in [1.29, 1.82) is 0 Å². The topological polar surface area (TPSA) is 76.2 Å². The Labute approximate surface area is 175 Å². The highest BCUT2D eigenvalue weighted by Gasteiger charge is 2.48. The molecule has 1 saturated heterocycles. The fourth-order valence-corrected chi connectivity index (χ4v) is 5.12. The SMILES string of the molecule is O=C1[C@@H]2CC=CC[C@H]2C(=O)N1CC(=O)N(Cc1ccc2c(c1)OCO2)C1CCCC1. The summed E-state index contributed by atoms with van der Waals surface area (Å²) >= 11 is 0. The number of benzene rings is 1. The van der Waals surface area contributed by atoms with Gasteiger partial charge >= 0.3 is 0 Å². The van der Waals surface area contributed by atoms with Crippen LogP contribution in [0.5, 0.6) is 11.5 Å². The summed E-state index contributed by atoms with van der Waals surface area (Å²) in [6.45, 7) is 0.483. The average molecular weight is 410 g/mol. The lowest BCUT2D eigenvalue weighted by molar-refractivity contribution is -0.147.